The van der Waals surface area contributed by atoms with Crippen LogP contribution in [0.25, 0.3) is 0 Å². The van der Waals surface area contributed by atoms with Crippen LogP contribution in [0.3, 0.4) is 0 Å². The van der Waals surface area contributed by atoms with Crippen LogP contribution in [0.15, 0.2) is 36.4 Å². The molecule has 178 valence electrons. The van der Waals surface area contributed by atoms with E-state index in [2.05, 4.69) is 17.4 Å². The highest BCUT2D eigenvalue weighted by Gasteiger charge is 2.28. The van der Waals surface area contributed by atoms with Gasteiger partial charge in [-0.15, -0.1) is 0 Å². The van der Waals surface area contributed by atoms with E-state index in [9.17, 15) is 9.59 Å². The summed E-state index contributed by atoms with van der Waals surface area (Å²) in [6.07, 6.45) is 5.55. The second-order valence-electron chi connectivity index (χ2n) is 9.52. The summed E-state index contributed by atoms with van der Waals surface area (Å²) in [5, 5.41) is 3.18. The number of carbonyl (C=O) groups excluding carboxylic acids is 2. The lowest BCUT2D eigenvalue weighted by atomic mass is 9.95. The largest absolute Gasteiger partial charge is 0.483 e. The zero-order valence-corrected chi connectivity index (χ0v) is 20.7. The minimum Gasteiger partial charge on any atom is -0.483 e. The zero-order chi connectivity index (χ0) is 24.0. The summed E-state index contributed by atoms with van der Waals surface area (Å²) < 4.78 is 5.96. The first-order valence-corrected chi connectivity index (χ1v) is 12.1. The van der Waals surface area contributed by atoms with Gasteiger partial charge in [0.05, 0.1) is 0 Å². The van der Waals surface area contributed by atoms with E-state index < -0.39 is 6.04 Å². The highest BCUT2D eigenvalue weighted by Crippen LogP contribution is 2.24. The van der Waals surface area contributed by atoms with Gasteiger partial charge in [0.1, 0.15) is 11.8 Å². The summed E-state index contributed by atoms with van der Waals surface area (Å²) >= 11 is 0. The van der Waals surface area contributed by atoms with Gasteiger partial charge in [-0.2, -0.15) is 0 Å². The molecule has 0 spiro atoms. The van der Waals surface area contributed by atoms with Gasteiger partial charge < -0.3 is 15.0 Å². The number of rotatable bonds is 8. The molecule has 0 radical (unpaired) electrons. The zero-order valence-electron chi connectivity index (χ0n) is 20.7. The van der Waals surface area contributed by atoms with E-state index in [0.29, 0.717) is 6.54 Å². The van der Waals surface area contributed by atoms with E-state index in [0.717, 1.165) is 59.3 Å². The first-order chi connectivity index (χ1) is 15.7. The number of amides is 2. The number of hydrogen-bond donors (Lipinski definition) is 1. The molecule has 1 aliphatic rings. The van der Waals surface area contributed by atoms with E-state index in [1.165, 1.54) is 6.42 Å². The second-order valence-corrected chi connectivity index (χ2v) is 9.52. The Labute approximate surface area is 198 Å². The van der Waals surface area contributed by atoms with Crippen LogP contribution >= 0.6 is 0 Å². The third-order valence-electron chi connectivity index (χ3n) is 6.67. The fourth-order valence-corrected chi connectivity index (χ4v) is 4.53. The fraction of sp³-hybridized carbons (Fsp3) is 0.500. The maximum atomic E-state index is 13.3. The van der Waals surface area contributed by atoms with Crippen molar-refractivity contribution in [3.63, 3.8) is 0 Å². The molecule has 0 unspecified atom stereocenters. The predicted molar refractivity (Wildman–Crippen MR) is 132 cm³/mol. The third-order valence-corrected chi connectivity index (χ3v) is 6.67. The Balaban J connectivity index is 1.75. The minimum absolute atomic E-state index is 0.0921. The van der Waals surface area contributed by atoms with Crippen LogP contribution in [-0.4, -0.2) is 35.4 Å². The molecule has 1 N–H and O–H groups in total. The average molecular weight is 451 g/mol. The highest BCUT2D eigenvalue weighted by molar-refractivity contribution is 5.88. The van der Waals surface area contributed by atoms with Gasteiger partial charge >= 0.3 is 0 Å². The normalized spacial score (nSPS) is 15.1. The molecule has 0 bridgehead atoms. The fourth-order valence-electron chi connectivity index (χ4n) is 4.53. The Bertz CT molecular complexity index is 979. The Kier molecular flexibility index (Phi) is 8.54. The Morgan fingerprint density at radius 1 is 1.03 bits per heavy atom. The quantitative estimate of drug-likeness (QED) is 0.604. The molecular formula is C28H38N2O3. The molecule has 5 heteroatoms. The van der Waals surface area contributed by atoms with Crippen molar-refractivity contribution in [2.75, 3.05) is 6.61 Å². The minimum atomic E-state index is -0.580. The van der Waals surface area contributed by atoms with E-state index in [-0.39, 0.29) is 24.5 Å². The molecule has 2 aromatic rings. The molecule has 0 saturated heterocycles. The molecular weight excluding hydrogens is 412 g/mol. The topological polar surface area (TPSA) is 58.6 Å². The monoisotopic (exact) mass is 450 g/mol. The van der Waals surface area contributed by atoms with Gasteiger partial charge in [-0.3, -0.25) is 9.59 Å². The number of nitrogens with zero attached hydrogens (tertiary/aromatic N) is 1. The first kappa shape index (κ1) is 24.8. The first-order valence-electron chi connectivity index (χ1n) is 12.1. The van der Waals surface area contributed by atoms with Crippen molar-refractivity contribution in [1.29, 1.82) is 0 Å². The summed E-state index contributed by atoms with van der Waals surface area (Å²) in [6.45, 7) is 10.2. The molecule has 1 saturated carbocycles. The van der Waals surface area contributed by atoms with Crippen molar-refractivity contribution in [2.45, 2.75) is 85.4 Å². The molecule has 2 amide bonds. The van der Waals surface area contributed by atoms with E-state index in [1.807, 2.05) is 58.9 Å². The van der Waals surface area contributed by atoms with Crippen LogP contribution in [0.2, 0.25) is 0 Å². The smallest absolute Gasteiger partial charge is 0.261 e. The van der Waals surface area contributed by atoms with Gasteiger partial charge in [-0.05, 0) is 75.8 Å². The molecule has 33 heavy (non-hydrogen) atoms. The maximum Gasteiger partial charge on any atom is 0.261 e. The van der Waals surface area contributed by atoms with Crippen LogP contribution in [0, 0.1) is 27.7 Å². The average Bonchev–Trinajstić information content (AvgIpc) is 2.79. The van der Waals surface area contributed by atoms with Gasteiger partial charge in [0.2, 0.25) is 5.91 Å². The summed E-state index contributed by atoms with van der Waals surface area (Å²) in [5.41, 5.74) is 5.39. The summed E-state index contributed by atoms with van der Waals surface area (Å²) in [4.78, 5) is 28.1. The highest BCUT2D eigenvalue weighted by atomic mass is 16.5. The van der Waals surface area contributed by atoms with Gasteiger partial charge in [0, 0.05) is 12.6 Å². The molecule has 2 aromatic carbocycles. The predicted octanol–water partition coefficient (Wildman–Crippen LogP) is 5.17. The van der Waals surface area contributed by atoms with Crippen molar-refractivity contribution in [2.24, 2.45) is 0 Å². The molecule has 0 aliphatic heterocycles. The van der Waals surface area contributed by atoms with Gasteiger partial charge in [0.25, 0.3) is 5.91 Å². The van der Waals surface area contributed by atoms with Crippen molar-refractivity contribution >= 4 is 11.8 Å². The summed E-state index contributed by atoms with van der Waals surface area (Å²) in [6, 6.07) is 11.7. The number of nitrogens with one attached hydrogen (secondary N) is 1. The van der Waals surface area contributed by atoms with Crippen LogP contribution in [0.4, 0.5) is 0 Å². The Morgan fingerprint density at radius 3 is 2.45 bits per heavy atom. The SMILES string of the molecule is Cc1cccc(CN(C(=O)COc2cc(C)cc(C)c2C)[C@H](C)C(=O)NC2CCCCC2)c1. The van der Waals surface area contributed by atoms with Gasteiger partial charge in [-0.1, -0.05) is 55.2 Å². The Morgan fingerprint density at radius 2 is 1.76 bits per heavy atom. The molecule has 1 aliphatic carbocycles. The lowest BCUT2D eigenvalue weighted by molar-refractivity contribution is -0.142. The van der Waals surface area contributed by atoms with Crippen molar-refractivity contribution in [1.82, 2.24) is 10.2 Å². The molecule has 1 fully saturated rings. The Hall–Kier alpha value is -2.82. The summed E-state index contributed by atoms with van der Waals surface area (Å²) in [5.74, 6) is 0.433. The van der Waals surface area contributed by atoms with Crippen molar-refractivity contribution < 1.29 is 14.3 Å². The van der Waals surface area contributed by atoms with Crippen LogP contribution in [-0.2, 0) is 16.1 Å². The van der Waals surface area contributed by atoms with E-state index >= 15 is 0 Å². The number of carbonyl (C=O) groups is 2. The standard InChI is InChI=1S/C28H38N2O3/c1-19-10-9-11-24(15-19)17-30(23(5)28(32)29-25-12-7-6-8-13-25)27(31)18-33-26-16-20(2)14-21(3)22(26)4/h9-11,14-16,23,25H,6-8,12-13,17-18H2,1-5H3,(H,29,32)/t23-/m1/s1. The number of benzene rings is 2. The van der Waals surface area contributed by atoms with Gasteiger partial charge in [0.15, 0.2) is 6.61 Å². The lowest BCUT2D eigenvalue weighted by Crippen LogP contribution is -2.51. The van der Waals surface area contributed by atoms with E-state index in [1.54, 1.807) is 4.90 Å². The molecule has 5 nitrogen and oxygen atoms in total. The van der Waals surface area contributed by atoms with Crippen molar-refractivity contribution in [3.8, 4) is 5.75 Å². The number of aryl methyl sites for hydroxylation is 3. The van der Waals surface area contributed by atoms with E-state index in [4.69, 9.17) is 4.74 Å². The number of ether oxygens (including phenoxy) is 1. The van der Waals surface area contributed by atoms with Gasteiger partial charge in [-0.25, -0.2) is 0 Å². The van der Waals surface area contributed by atoms with Crippen LogP contribution < -0.4 is 10.1 Å². The van der Waals surface area contributed by atoms with Crippen LogP contribution in [0.5, 0.6) is 5.75 Å². The second kappa shape index (κ2) is 11.4. The third kappa shape index (κ3) is 6.83. The van der Waals surface area contributed by atoms with Crippen molar-refractivity contribution in [3.05, 3.63) is 64.2 Å². The molecule has 0 aromatic heterocycles. The number of hydrogen-bond acceptors (Lipinski definition) is 3. The summed E-state index contributed by atoms with van der Waals surface area (Å²) in [7, 11) is 0. The molecule has 3 rings (SSSR count). The maximum absolute atomic E-state index is 13.3. The van der Waals surface area contributed by atoms with Crippen LogP contribution in [0.1, 0.15) is 66.8 Å². The molecule has 0 heterocycles. The molecule has 1 atom stereocenters. The lowest BCUT2D eigenvalue weighted by Gasteiger charge is -2.31.